The number of Topliss-reactive ketones (excluding diaryl/α,β-unsaturated/α-hetero) is 1. The first-order valence-corrected chi connectivity index (χ1v) is 5.65. The van der Waals surface area contributed by atoms with Crippen LogP contribution in [0.5, 0.6) is 0 Å². The Labute approximate surface area is 101 Å². The van der Waals surface area contributed by atoms with Crippen molar-refractivity contribution >= 4 is 5.78 Å². The molecular formula is C11H21NO5. The van der Waals surface area contributed by atoms with Gasteiger partial charge in [-0.05, 0) is 19.4 Å². The molecule has 1 fully saturated rings. The first kappa shape index (κ1) is 14.5. The molecule has 0 spiro atoms. The van der Waals surface area contributed by atoms with Gasteiger partial charge in [0.2, 0.25) is 5.60 Å². The third kappa shape index (κ3) is 2.23. The molecule has 100 valence electrons. The van der Waals surface area contributed by atoms with Crippen LogP contribution in [0.25, 0.3) is 0 Å². The minimum Gasteiger partial charge on any atom is -0.363 e. The van der Waals surface area contributed by atoms with E-state index in [1.807, 2.05) is 0 Å². The molecule has 0 saturated carbocycles. The highest BCUT2D eigenvalue weighted by Gasteiger charge is 2.61. The second kappa shape index (κ2) is 5.88. The smallest absolute Gasteiger partial charge is 0.320 e. The van der Waals surface area contributed by atoms with Crippen molar-refractivity contribution in [3.05, 3.63) is 0 Å². The molecular weight excluding hydrogens is 226 g/mol. The monoisotopic (exact) mass is 247 g/mol. The summed E-state index contributed by atoms with van der Waals surface area (Å²) in [5, 5.41) is 0. The van der Waals surface area contributed by atoms with Gasteiger partial charge in [0.1, 0.15) is 0 Å². The molecule has 2 N–H and O–H groups in total. The van der Waals surface area contributed by atoms with Gasteiger partial charge in [-0.25, -0.2) is 0 Å². The van der Waals surface area contributed by atoms with Gasteiger partial charge < -0.3 is 24.7 Å². The Morgan fingerprint density at radius 1 is 1.29 bits per heavy atom. The zero-order chi connectivity index (χ0) is 12.9. The van der Waals surface area contributed by atoms with E-state index in [1.54, 1.807) is 0 Å². The Bertz CT molecular complexity index is 267. The van der Waals surface area contributed by atoms with E-state index < -0.39 is 11.6 Å². The second-order valence-electron chi connectivity index (χ2n) is 3.91. The molecule has 1 saturated heterocycles. The molecule has 0 aromatic carbocycles. The van der Waals surface area contributed by atoms with Crippen LogP contribution < -0.4 is 5.73 Å². The molecule has 0 bridgehead atoms. The van der Waals surface area contributed by atoms with Crippen molar-refractivity contribution in [1.29, 1.82) is 0 Å². The van der Waals surface area contributed by atoms with Crippen molar-refractivity contribution in [3.8, 4) is 0 Å². The van der Waals surface area contributed by atoms with Crippen LogP contribution in [0.2, 0.25) is 0 Å². The molecule has 1 atom stereocenters. The maximum atomic E-state index is 12.2. The maximum absolute atomic E-state index is 12.2. The molecule has 1 aliphatic rings. The summed E-state index contributed by atoms with van der Waals surface area (Å²) in [5.74, 6) is -1.64. The van der Waals surface area contributed by atoms with Crippen LogP contribution in [0.3, 0.4) is 0 Å². The molecule has 1 rings (SSSR count). The summed E-state index contributed by atoms with van der Waals surface area (Å²) in [5.41, 5.74) is 4.18. The normalized spacial score (nSPS) is 28.0. The summed E-state index contributed by atoms with van der Waals surface area (Å²) in [7, 11) is 4.31. The zero-order valence-corrected chi connectivity index (χ0v) is 10.7. The first-order chi connectivity index (χ1) is 8.12. The van der Waals surface area contributed by atoms with E-state index >= 15 is 0 Å². The molecule has 0 radical (unpaired) electrons. The number of ether oxygens (including phenoxy) is 4. The summed E-state index contributed by atoms with van der Waals surface area (Å²) in [6, 6.07) is 0. The lowest BCUT2D eigenvalue weighted by atomic mass is 9.85. The summed E-state index contributed by atoms with van der Waals surface area (Å²) >= 11 is 0. The zero-order valence-electron chi connectivity index (χ0n) is 10.7. The number of hydrogen-bond donors (Lipinski definition) is 1. The van der Waals surface area contributed by atoms with Crippen molar-refractivity contribution in [2.45, 2.75) is 30.8 Å². The largest absolute Gasteiger partial charge is 0.363 e. The molecule has 1 heterocycles. The predicted molar refractivity (Wildman–Crippen MR) is 60.4 cm³/mol. The molecule has 6 heteroatoms. The molecule has 0 aromatic heterocycles. The van der Waals surface area contributed by atoms with Gasteiger partial charge in [-0.15, -0.1) is 0 Å². The van der Waals surface area contributed by atoms with Crippen molar-refractivity contribution in [2.24, 2.45) is 5.73 Å². The Hall–Kier alpha value is -0.530. The Balaban J connectivity index is 3.10. The standard InChI is InChI=1S/C11H21NO5/c1-14-10(9(13)5-7-12)6-4-8-17-11(10,15-2)16-3/h4-8,12H2,1-3H3. The first-order valence-electron chi connectivity index (χ1n) is 5.65. The Morgan fingerprint density at radius 3 is 2.41 bits per heavy atom. The van der Waals surface area contributed by atoms with Gasteiger partial charge in [-0.2, -0.15) is 0 Å². The summed E-state index contributed by atoms with van der Waals surface area (Å²) in [6.45, 7) is 0.718. The lowest BCUT2D eigenvalue weighted by Crippen LogP contribution is -2.66. The Morgan fingerprint density at radius 2 is 1.94 bits per heavy atom. The molecule has 6 nitrogen and oxygen atoms in total. The predicted octanol–water partition coefficient (Wildman–Crippen LogP) is 0.0465. The summed E-state index contributed by atoms with van der Waals surface area (Å²) < 4.78 is 21.5. The van der Waals surface area contributed by atoms with Crippen molar-refractivity contribution in [2.75, 3.05) is 34.5 Å². The van der Waals surface area contributed by atoms with Crippen LogP contribution in [0.15, 0.2) is 0 Å². The number of ketones is 1. The van der Waals surface area contributed by atoms with Gasteiger partial charge in [-0.1, -0.05) is 0 Å². The quantitative estimate of drug-likeness (QED) is 0.668. The third-order valence-corrected chi connectivity index (χ3v) is 3.17. The van der Waals surface area contributed by atoms with Gasteiger partial charge >= 0.3 is 5.97 Å². The number of methoxy groups -OCH3 is 3. The van der Waals surface area contributed by atoms with Crippen molar-refractivity contribution < 1.29 is 23.7 Å². The van der Waals surface area contributed by atoms with Gasteiger partial charge in [0, 0.05) is 27.8 Å². The van der Waals surface area contributed by atoms with Crippen molar-refractivity contribution in [1.82, 2.24) is 0 Å². The summed E-state index contributed by atoms with van der Waals surface area (Å²) in [4.78, 5) is 12.2. The van der Waals surface area contributed by atoms with E-state index in [0.717, 1.165) is 0 Å². The average Bonchev–Trinajstić information content (AvgIpc) is 2.38. The molecule has 0 aliphatic carbocycles. The highest BCUT2D eigenvalue weighted by atomic mass is 16.9. The molecule has 17 heavy (non-hydrogen) atoms. The van der Waals surface area contributed by atoms with Crippen LogP contribution in [-0.2, 0) is 23.7 Å². The van der Waals surface area contributed by atoms with E-state index in [9.17, 15) is 4.79 Å². The average molecular weight is 247 g/mol. The van der Waals surface area contributed by atoms with E-state index in [0.29, 0.717) is 19.4 Å². The fourth-order valence-electron chi connectivity index (χ4n) is 2.31. The van der Waals surface area contributed by atoms with Gasteiger partial charge in [0.15, 0.2) is 5.78 Å². The number of carbonyl (C=O) groups excluding carboxylic acids is 1. The minimum absolute atomic E-state index is 0.161. The molecule has 1 unspecified atom stereocenters. The number of rotatable bonds is 6. The van der Waals surface area contributed by atoms with Gasteiger partial charge in [-0.3, -0.25) is 4.79 Å². The Kier molecular flexibility index (Phi) is 5.03. The summed E-state index contributed by atoms with van der Waals surface area (Å²) in [6.07, 6.45) is 1.40. The highest BCUT2D eigenvalue weighted by Crippen LogP contribution is 2.40. The molecule has 0 amide bonds. The number of nitrogens with two attached hydrogens (primary N) is 1. The highest BCUT2D eigenvalue weighted by molar-refractivity contribution is 5.88. The van der Waals surface area contributed by atoms with E-state index in [4.69, 9.17) is 24.7 Å². The lowest BCUT2D eigenvalue weighted by molar-refractivity contribution is -0.432. The fraction of sp³-hybridized carbons (Fsp3) is 0.909. The van der Waals surface area contributed by atoms with Crippen LogP contribution in [0, 0.1) is 0 Å². The number of carbonyl (C=O) groups is 1. The van der Waals surface area contributed by atoms with Crippen LogP contribution >= 0.6 is 0 Å². The van der Waals surface area contributed by atoms with Gasteiger partial charge in [0.05, 0.1) is 6.61 Å². The van der Waals surface area contributed by atoms with E-state index in [2.05, 4.69) is 0 Å². The van der Waals surface area contributed by atoms with E-state index in [-0.39, 0.29) is 18.7 Å². The minimum atomic E-state index is -1.48. The second-order valence-corrected chi connectivity index (χ2v) is 3.91. The van der Waals surface area contributed by atoms with Crippen molar-refractivity contribution in [3.63, 3.8) is 0 Å². The van der Waals surface area contributed by atoms with Crippen LogP contribution in [0.1, 0.15) is 19.3 Å². The van der Waals surface area contributed by atoms with Gasteiger partial charge in [0.25, 0.3) is 0 Å². The SMILES string of the molecule is COC1(OC)OCCCC1(OC)C(=O)CCN. The molecule has 1 aliphatic heterocycles. The van der Waals surface area contributed by atoms with Crippen LogP contribution in [-0.4, -0.2) is 51.8 Å². The number of hydrogen-bond acceptors (Lipinski definition) is 6. The topological polar surface area (TPSA) is 80.0 Å². The fourth-order valence-corrected chi connectivity index (χ4v) is 2.31. The lowest BCUT2D eigenvalue weighted by Gasteiger charge is -2.47. The maximum Gasteiger partial charge on any atom is 0.320 e. The third-order valence-electron chi connectivity index (χ3n) is 3.17. The van der Waals surface area contributed by atoms with E-state index in [1.165, 1.54) is 21.3 Å². The molecule has 0 aromatic rings. The van der Waals surface area contributed by atoms with Crippen LogP contribution in [0.4, 0.5) is 0 Å².